The van der Waals surface area contributed by atoms with Gasteiger partial charge < -0.3 is 19.8 Å². The Balaban J connectivity index is 1.88. The second-order valence-electron chi connectivity index (χ2n) is 4.83. The summed E-state index contributed by atoms with van der Waals surface area (Å²) in [5.41, 5.74) is 1.17. The van der Waals surface area contributed by atoms with Gasteiger partial charge in [0.1, 0.15) is 5.75 Å². The van der Waals surface area contributed by atoms with Gasteiger partial charge >= 0.3 is 0 Å². The van der Waals surface area contributed by atoms with Gasteiger partial charge in [0.15, 0.2) is 0 Å². The first-order valence-electron chi connectivity index (χ1n) is 6.63. The van der Waals surface area contributed by atoms with Crippen molar-refractivity contribution in [3.05, 3.63) is 24.3 Å². The number of aliphatic hydroxyl groups excluding tert-OH is 2. The topological polar surface area (TPSA) is 56.2 Å². The Morgan fingerprint density at radius 1 is 1.26 bits per heavy atom. The van der Waals surface area contributed by atoms with Crippen LogP contribution >= 0.6 is 0 Å². The van der Waals surface area contributed by atoms with Gasteiger partial charge in [-0.1, -0.05) is 6.07 Å². The van der Waals surface area contributed by atoms with Crippen LogP contribution in [0.25, 0.3) is 0 Å². The summed E-state index contributed by atoms with van der Waals surface area (Å²) < 4.78 is 5.24. The SMILES string of the molecule is COc1cccc(N2CCN(CC(O)CO)CC2)c1. The highest BCUT2D eigenvalue weighted by Crippen LogP contribution is 2.22. The van der Waals surface area contributed by atoms with Crippen molar-refractivity contribution < 1.29 is 14.9 Å². The number of aliphatic hydroxyl groups is 2. The fraction of sp³-hybridized carbons (Fsp3) is 0.571. The Labute approximate surface area is 114 Å². The van der Waals surface area contributed by atoms with Gasteiger partial charge in [0.05, 0.1) is 19.8 Å². The van der Waals surface area contributed by atoms with Crippen molar-refractivity contribution >= 4 is 5.69 Å². The van der Waals surface area contributed by atoms with Crippen LogP contribution in [0.3, 0.4) is 0 Å². The normalized spacial score (nSPS) is 18.4. The number of benzene rings is 1. The fourth-order valence-electron chi connectivity index (χ4n) is 2.35. The third-order valence-electron chi connectivity index (χ3n) is 3.47. The highest BCUT2D eigenvalue weighted by Gasteiger charge is 2.19. The van der Waals surface area contributed by atoms with Gasteiger partial charge in [-0.3, -0.25) is 4.90 Å². The van der Waals surface area contributed by atoms with Crippen molar-refractivity contribution in [2.75, 3.05) is 51.3 Å². The standard InChI is InChI=1S/C14H22N2O3/c1-19-14-4-2-3-12(9-14)16-7-5-15(6-8-16)10-13(18)11-17/h2-4,9,13,17-18H,5-8,10-11H2,1H3. The quantitative estimate of drug-likeness (QED) is 0.796. The molecule has 106 valence electrons. The average molecular weight is 266 g/mol. The number of hydrogen-bond donors (Lipinski definition) is 2. The third-order valence-corrected chi connectivity index (χ3v) is 3.47. The van der Waals surface area contributed by atoms with Crippen molar-refractivity contribution in [1.82, 2.24) is 4.90 Å². The van der Waals surface area contributed by atoms with E-state index in [9.17, 15) is 5.11 Å². The van der Waals surface area contributed by atoms with E-state index in [1.807, 2.05) is 18.2 Å². The predicted octanol–water partition coefficient (Wildman–Crippen LogP) is 0.170. The van der Waals surface area contributed by atoms with Gasteiger partial charge in [-0.25, -0.2) is 0 Å². The van der Waals surface area contributed by atoms with Gasteiger partial charge in [0, 0.05) is 44.5 Å². The summed E-state index contributed by atoms with van der Waals surface area (Å²) in [6, 6.07) is 8.06. The molecule has 1 fully saturated rings. The largest absolute Gasteiger partial charge is 0.497 e. The van der Waals surface area contributed by atoms with Crippen LogP contribution in [0, 0.1) is 0 Å². The molecule has 0 spiro atoms. The highest BCUT2D eigenvalue weighted by atomic mass is 16.5. The van der Waals surface area contributed by atoms with Crippen LogP contribution in [0.5, 0.6) is 5.75 Å². The second-order valence-corrected chi connectivity index (χ2v) is 4.83. The molecule has 1 heterocycles. The Kier molecular flexibility index (Phi) is 5.01. The molecule has 1 aromatic rings. The molecular weight excluding hydrogens is 244 g/mol. The summed E-state index contributed by atoms with van der Waals surface area (Å²) >= 11 is 0. The number of rotatable bonds is 5. The molecule has 1 aromatic carbocycles. The Morgan fingerprint density at radius 3 is 2.63 bits per heavy atom. The monoisotopic (exact) mass is 266 g/mol. The van der Waals surface area contributed by atoms with E-state index in [0.717, 1.165) is 31.9 Å². The molecule has 2 rings (SSSR count). The van der Waals surface area contributed by atoms with Crippen LogP contribution in [0.4, 0.5) is 5.69 Å². The molecule has 2 N–H and O–H groups in total. The Hall–Kier alpha value is -1.30. The molecule has 0 radical (unpaired) electrons. The summed E-state index contributed by atoms with van der Waals surface area (Å²) in [4.78, 5) is 4.49. The molecule has 0 amide bonds. The number of piperazine rings is 1. The lowest BCUT2D eigenvalue weighted by atomic mass is 10.2. The molecule has 0 aliphatic carbocycles. The summed E-state index contributed by atoms with van der Waals surface area (Å²) in [5.74, 6) is 0.871. The van der Waals surface area contributed by atoms with Gasteiger partial charge in [0.2, 0.25) is 0 Å². The van der Waals surface area contributed by atoms with E-state index in [1.54, 1.807) is 7.11 Å². The maximum absolute atomic E-state index is 9.44. The number of methoxy groups -OCH3 is 1. The van der Waals surface area contributed by atoms with Crippen LogP contribution in [0.15, 0.2) is 24.3 Å². The lowest BCUT2D eigenvalue weighted by Gasteiger charge is -2.36. The van der Waals surface area contributed by atoms with Crippen LogP contribution in [-0.2, 0) is 0 Å². The zero-order chi connectivity index (χ0) is 13.7. The molecule has 1 aliphatic rings. The van der Waals surface area contributed by atoms with E-state index in [2.05, 4.69) is 15.9 Å². The van der Waals surface area contributed by atoms with Crippen LogP contribution in [0.1, 0.15) is 0 Å². The molecule has 0 bridgehead atoms. The van der Waals surface area contributed by atoms with Gasteiger partial charge in [0.25, 0.3) is 0 Å². The van der Waals surface area contributed by atoms with Crippen LogP contribution in [-0.4, -0.2) is 67.7 Å². The van der Waals surface area contributed by atoms with Crippen LogP contribution < -0.4 is 9.64 Å². The molecule has 0 saturated carbocycles. The van der Waals surface area contributed by atoms with E-state index in [0.29, 0.717) is 6.54 Å². The lowest BCUT2D eigenvalue weighted by Crippen LogP contribution is -2.49. The van der Waals surface area contributed by atoms with Crippen LogP contribution in [0.2, 0.25) is 0 Å². The summed E-state index contributed by atoms with van der Waals surface area (Å²) in [5, 5.41) is 18.3. The molecule has 19 heavy (non-hydrogen) atoms. The van der Waals surface area contributed by atoms with Gasteiger partial charge in [-0.15, -0.1) is 0 Å². The number of nitrogens with zero attached hydrogens (tertiary/aromatic N) is 2. The second kappa shape index (κ2) is 6.75. The van der Waals surface area contributed by atoms with Crippen molar-refractivity contribution in [2.24, 2.45) is 0 Å². The Morgan fingerprint density at radius 2 is 2.00 bits per heavy atom. The molecule has 5 heteroatoms. The van der Waals surface area contributed by atoms with E-state index in [4.69, 9.17) is 9.84 Å². The zero-order valence-corrected chi connectivity index (χ0v) is 11.3. The number of hydrogen-bond acceptors (Lipinski definition) is 5. The zero-order valence-electron chi connectivity index (χ0n) is 11.3. The third kappa shape index (κ3) is 3.83. The average Bonchev–Trinajstić information content (AvgIpc) is 2.48. The maximum atomic E-state index is 9.44. The summed E-state index contributed by atoms with van der Waals surface area (Å²) in [6.07, 6.45) is -0.636. The Bertz CT molecular complexity index is 392. The van der Waals surface area contributed by atoms with Crippen molar-refractivity contribution in [3.63, 3.8) is 0 Å². The number of β-amino-alcohol motifs (C(OH)–C–C–N with tert-alkyl or cyclic N) is 1. The molecule has 1 aliphatic heterocycles. The smallest absolute Gasteiger partial charge is 0.120 e. The number of ether oxygens (including phenoxy) is 1. The van der Waals surface area contributed by atoms with E-state index >= 15 is 0 Å². The first kappa shape index (κ1) is 14.1. The number of anilines is 1. The fourth-order valence-corrected chi connectivity index (χ4v) is 2.35. The van der Waals surface area contributed by atoms with E-state index in [-0.39, 0.29) is 6.61 Å². The van der Waals surface area contributed by atoms with Gasteiger partial charge in [-0.2, -0.15) is 0 Å². The predicted molar refractivity (Wildman–Crippen MR) is 74.7 cm³/mol. The van der Waals surface area contributed by atoms with Crippen molar-refractivity contribution in [2.45, 2.75) is 6.10 Å². The minimum atomic E-state index is -0.636. The molecule has 1 unspecified atom stereocenters. The first-order valence-corrected chi connectivity index (χ1v) is 6.63. The minimum Gasteiger partial charge on any atom is -0.497 e. The molecule has 1 atom stereocenters. The van der Waals surface area contributed by atoms with E-state index in [1.165, 1.54) is 5.69 Å². The minimum absolute atomic E-state index is 0.171. The van der Waals surface area contributed by atoms with Gasteiger partial charge in [-0.05, 0) is 12.1 Å². The summed E-state index contributed by atoms with van der Waals surface area (Å²) in [7, 11) is 1.67. The highest BCUT2D eigenvalue weighted by molar-refractivity contribution is 5.51. The maximum Gasteiger partial charge on any atom is 0.120 e. The molecular formula is C14H22N2O3. The first-order chi connectivity index (χ1) is 9.22. The summed E-state index contributed by atoms with van der Waals surface area (Å²) in [6.45, 7) is 4.01. The van der Waals surface area contributed by atoms with E-state index < -0.39 is 6.10 Å². The molecule has 5 nitrogen and oxygen atoms in total. The van der Waals surface area contributed by atoms with Crippen molar-refractivity contribution in [1.29, 1.82) is 0 Å². The van der Waals surface area contributed by atoms with Crippen molar-refractivity contribution in [3.8, 4) is 5.75 Å². The molecule has 0 aromatic heterocycles. The lowest BCUT2D eigenvalue weighted by molar-refractivity contribution is 0.0575. The molecule has 1 saturated heterocycles.